The number of carboxylic acid groups (broad SMARTS) is 1. The monoisotopic (exact) mass is 293 g/mol. The van der Waals surface area contributed by atoms with Gasteiger partial charge in [0.2, 0.25) is 0 Å². The van der Waals surface area contributed by atoms with Crippen LogP contribution in [0.1, 0.15) is 37.6 Å². The highest BCUT2D eigenvalue weighted by Crippen LogP contribution is 2.13. The van der Waals surface area contributed by atoms with Gasteiger partial charge in [-0.25, -0.2) is 0 Å². The Hall–Kier alpha value is -2.04. The van der Waals surface area contributed by atoms with Crippen LogP contribution >= 0.6 is 0 Å². The molecule has 1 aromatic rings. The molecule has 0 heterocycles. The van der Waals surface area contributed by atoms with Crippen molar-refractivity contribution in [3.63, 3.8) is 0 Å². The number of nitrogens with one attached hydrogen (secondary N) is 1. The number of carboxylic acids is 1. The summed E-state index contributed by atoms with van der Waals surface area (Å²) in [5, 5.41) is 11.4. The molecule has 0 spiro atoms. The van der Waals surface area contributed by atoms with E-state index in [-0.39, 0.29) is 12.5 Å². The van der Waals surface area contributed by atoms with E-state index < -0.39 is 11.9 Å². The van der Waals surface area contributed by atoms with Crippen LogP contribution in [0.2, 0.25) is 0 Å². The molecule has 1 amide bonds. The zero-order chi connectivity index (χ0) is 15.8. The summed E-state index contributed by atoms with van der Waals surface area (Å²) in [5.74, 6) is -0.494. The highest BCUT2D eigenvalue weighted by atomic mass is 16.5. The Bertz CT molecular complexity index is 468. The molecule has 1 rings (SSSR count). The van der Waals surface area contributed by atoms with Crippen LogP contribution < -0.4 is 10.1 Å². The number of amides is 1. The number of hydrogen-bond donors (Lipinski definition) is 2. The third-order valence-corrected chi connectivity index (χ3v) is 3.07. The Labute approximate surface area is 125 Å². The number of rotatable bonds is 8. The van der Waals surface area contributed by atoms with Crippen LogP contribution in [0.3, 0.4) is 0 Å². The first-order valence-electron chi connectivity index (χ1n) is 7.14. The predicted molar refractivity (Wildman–Crippen MR) is 80.5 cm³/mol. The summed E-state index contributed by atoms with van der Waals surface area (Å²) in [4.78, 5) is 22.5. The van der Waals surface area contributed by atoms with Gasteiger partial charge in [0.25, 0.3) is 5.91 Å². The zero-order valence-electron chi connectivity index (χ0n) is 12.8. The first-order chi connectivity index (χ1) is 9.90. The maximum absolute atomic E-state index is 11.8. The summed E-state index contributed by atoms with van der Waals surface area (Å²) in [6.45, 7) is 6.58. The van der Waals surface area contributed by atoms with E-state index in [0.717, 1.165) is 12.2 Å². The lowest BCUT2D eigenvalue weighted by Crippen LogP contribution is -2.31. The number of aliphatic carboxylic acids is 1. The normalized spacial score (nSPS) is 12.0. The van der Waals surface area contributed by atoms with Crippen LogP contribution in [0, 0.1) is 11.8 Å². The molecule has 0 aliphatic carbocycles. The van der Waals surface area contributed by atoms with Crippen molar-refractivity contribution in [2.45, 2.75) is 27.2 Å². The first-order valence-corrected chi connectivity index (χ1v) is 7.14. The minimum atomic E-state index is -0.927. The Morgan fingerprint density at radius 3 is 2.33 bits per heavy atom. The van der Waals surface area contributed by atoms with E-state index in [9.17, 15) is 9.59 Å². The van der Waals surface area contributed by atoms with E-state index in [1.165, 1.54) is 0 Å². The van der Waals surface area contributed by atoms with Crippen LogP contribution in [-0.4, -0.2) is 30.1 Å². The van der Waals surface area contributed by atoms with E-state index in [1.807, 2.05) is 0 Å². The fourth-order valence-electron chi connectivity index (χ4n) is 1.55. The van der Waals surface area contributed by atoms with Gasteiger partial charge in [-0.2, -0.15) is 0 Å². The van der Waals surface area contributed by atoms with Gasteiger partial charge in [0.1, 0.15) is 5.75 Å². The Balaban J connectivity index is 2.45. The summed E-state index contributed by atoms with van der Waals surface area (Å²) in [6.07, 6.45) is 0.981. The molecule has 5 nitrogen and oxygen atoms in total. The van der Waals surface area contributed by atoms with Crippen molar-refractivity contribution in [3.05, 3.63) is 29.8 Å². The van der Waals surface area contributed by atoms with Gasteiger partial charge in [0.05, 0.1) is 12.5 Å². The molecule has 0 bridgehead atoms. The standard InChI is InChI=1S/C16H23NO4/c1-11(2)8-9-21-14-6-4-13(5-7-14)15(18)17-10-12(3)16(19)20/h4-7,11-12H,8-10H2,1-3H3,(H,17,18)(H,19,20). The maximum atomic E-state index is 11.8. The molecule has 21 heavy (non-hydrogen) atoms. The minimum absolute atomic E-state index is 0.112. The molecule has 2 N–H and O–H groups in total. The number of benzene rings is 1. The largest absolute Gasteiger partial charge is 0.494 e. The predicted octanol–water partition coefficient (Wildman–Crippen LogP) is 2.56. The number of carbonyl (C=O) groups is 2. The second-order valence-corrected chi connectivity index (χ2v) is 5.50. The SMILES string of the molecule is CC(C)CCOc1ccc(C(=O)NCC(C)C(=O)O)cc1. The molecule has 0 saturated carbocycles. The van der Waals surface area contributed by atoms with E-state index in [0.29, 0.717) is 18.1 Å². The quantitative estimate of drug-likeness (QED) is 0.772. The summed E-state index contributed by atoms with van der Waals surface area (Å²) in [6, 6.07) is 6.84. The van der Waals surface area contributed by atoms with Gasteiger partial charge in [-0.1, -0.05) is 20.8 Å². The van der Waals surface area contributed by atoms with Gasteiger partial charge in [0.15, 0.2) is 0 Å². The van der Waals surface area contributed by atoms with E-state index >= 15 is 0 Å². The van der Waals surface area contributed by atoms with Crippen LogP contribution in [0.5, 0.6) is 5.75 Å². The van der Waals surface area contributed by atoms with Crippen molar-refractivity contribution in [3.8, 4) is 5.75 Å². The van der Waals surface area contributed by atoms with Gasteiger partial charge in [0, 0.05) is 12.1 Å². The smallest absolute Gasteiger partial charge is 0.308 e. The molecule has 0 aromatic heterocycles. The number of hydrogen-bond acceptors (Lipinski definition) is 3. The van der Waals surface area contributed by atoms with Gasteiger partial charge in [-0.05, 0) is 36.6 Å². The Morgan fingerprint density at radius 1 is 1.19 bits per heavy atom. The molecule has 0 radical (unpaired) electrons. The van der Waals surface area contributed by atoms with Crippen molar-refractivity contribution in [2.75, 3.05) is 13.2 Å². The van der Waals surface area contributed by atoms with E-state index in [1.54, 1.807) is 31.2 Å². The van der Waals surface area contributed by atoms with E-state index in [4.69, 9.17) is 9.84 Å². The fourth-order valence-corrected chi connectivity index (χ4v) is 1.55. The maximum Gasteiger partial charge on any atom is 0.308 e. The third-order valence-electron chi connectivity index (χ3n) is 3.07. The average Bonchev–Trinajstić information content (AvgIpc) is 2.44. The lowest BCUT2D eigenvalue weighted by molar-refractivity contribution is -0.140. The van der Waals surface area contributed by atoms with Gasteiger partial charge >= 0.3 is 5.97 Å². The first kappa shape index (κ1) is 17.0. The molecule has 1 unspecified atom stereocenters. The molecule has 1 aromatic carbocycles. The van der Waals surface area contributed by atoms with Crippen LogP contribution in [0.4, 0.5) is 0 Å². The molecule has 1 atom stereocenters. The Kier molecular flexibility index (Phi) is 6.72. The van der Waals surface area contributed by atoms with Gasteiger partial charge in [-0.3, -0.25) is 9.59 Å². The lowest BCUT2D eigenvalue weighted by Gasteiger charge is -2.10. The van der Waals surface area contributed by atoms with Crippen LogP contribution in [0.25, 0.3) is 0 Å². The van der Waals surface area contributed by atoms with Crippen molar-refractivity contribution >= 4 is 11.9 Å². The zero-order valence-corrected chi connectivity index (χ0v) is 12.8. The number of ether oxygens (including phenoxy) is 1. The summed E-state index contributed by atoms with van der Waals surface area (Å²) in [7, 11) is 0. The van der Waals surface area contributed by atoms with Crippen molar-refractivity contribution < 1.29 is 19.4 Å². The van der Waals surface area contributed by atoms with Crippen molar-refractivity contribution in [1.29, 1.82) is 0 Å². The second kappa shape index (κ2) is 8.29. The molecular weight excluding hydrogens is 270 g/mol. The second-order valence-electron chi connectivity index (χ2n) is 5.50. The Morgan fingerprint density at radius 2 is 1.81 bits per heavy atom. The van der Waals surface area contributed by atoms with Gasteiger partial charge < -0.3 is 15.2 Å². The highest BCUT2D eigenvalue weighted by Gasteiger charge is 2.13. The van der Waals surface area contributed by atoms with E-state index in [2.05, 4.69) is 19.2 Å². The number of carbonyl (C=O) groups excluding carboxylic acids is 1. The fraction of sp³-hybridized carbons (Fsp3) is 0.500. The molecule has 5 heteroatoms. The topological polar surface area (TPSA) is 75.6 Å². The summed E-state index contributed by atoms with van der Waals surface area (Å²) in [5.41, 5.74) is 0.490. The highest BCUT2D eigenvalue weighted by molar-refractivity contribution is 5.94. The molecule has 0 aliphatic rings. The van der Waals surface area contributed by atoms with Crippen molar-refractivity contribution in [1.82, 2.24) is 5.32 Å². The molecule has 0 fully saturated rings. The van der Waals surface area contributed by atoms with Crippen LogP contribution in [0.15, 0.2) is 24.3 Å². The average molecular weight is 293 g/mol. The summed E-state index contributed by atoms with van der Waals surface area (Å²) < 4.78 is 5.57. The lowest BCUT2D eigenvalue weighted by atomic mass is 10.1. The molecule has 0 aliphatic heterocycles. The minimum Gasteiger partial charge on any atom is -0.494 e. The van der Waals surface area contributed by atoms with Crippen LogP contribution in [-0.2, 0) is 4.79 Å². The van der Waals surface area contributed by atoms with Crippen molar-refractivity contribution in [2.24, 2.45) is 11.8 Å². The van der Waals surface area contributed by atoms with Gasteiger partial charge in [-0.15, -0.1) is 0 Å². The summed E-state index contributed by atoms with van der Waals surface area (Å²) >= 11 is 0. The molecule has 0 saturated heterocycles. The molecular formula is C16H23NO4. The molecule has 116 valence electrons. The third kappa shape index (κ3) is 6.29.